The van der Waals surface area contributed by atoms with Gasteiger partial charge in [-0.25, -0.2) is 0 Å². The standard InChI is InChI=1S/C23H23ClO2S/c1-18-12-15-21(16-13-18)27(26)23(24,20-10-6-3-7-11-20)22(25)17-14-19-8-4-2-5-9-19/h2-13,15-16,22,25H,14,17H2,1H3/t22-,23+,27?/m0/s1. The maximum Gasteiger partial charge on any atom is 0.174 e. The molecule has 3 rings (SSSR count). The molecule has 0 saturated heterocycles. The van der Waals surface area contributed by atoms with Crippen LogP contribution in [0.4, 0.5) is 0 Å². The fourth-order valence-electron chi connectivity index (χ4n) is 3.06. The molecule has 3 atom stereocenters. The Balaban J connectivity index is 1.92. The van der Waals surface area contributed by atoms with Crippen molar-refractivity contribution in [3.63, 3.8) is 0 Å². The number of benzene rings is 3. The zero-order valence-electron chi connectivity index (χ0n) is 15.2. The van der Waals surface area contributed by atoms with Gasteiger partial charge in [-0.1, -0.05) is 90.0 Å². The van der Waals surface area contributed by atoms with Gasteiger partial charge in [-0.2, -0.15) is 0 Å². The lowest BCUT2D eigenvalue weighted by molar-refractivity contribution is 0.146. The van der Waals surface area contributed by atoms with Crippen molar-refractivity contribution in [1.29, 1.82) is 0 Å². The van der Waals surface area contributed by atoms with Gasteiger partial charge in [0.25, 0.3) is 0 Å². The number of hydrogen-bond acceptors (Lipinski definition) is 2. The van der Waals surface area contributed by atoms with Gasteiger partial charge in [-0.15, -0.1) is 0 Å². The van der Waals surface area contributed by atoms with E-state index in [9.17, 15) is 9.32 Å². The first-order valence-corrected chi connectivity index (χ1v) is 10.5. The van der Waals surface area contributed by atoms with Gasteiger partial charge in [0, 0.05) is 4.90 Å². The van der Waals surface area contributed by atoms with Crippen LogP contribution in [0.5, 0.6) is 0 Å². The van der Waals surface area contributed by atoms with Crippen LogP contribution < -0.4 is 0 Å². The Labute approximate surface area is 168 Å². The Hall–Kier alpha value is -1.94. The predicted molar refractivity (Wildman–Crippen MR) is 112 cm³/mol. The Bertz CT molecular complexity index is 881. The Kier molecular flexibility index (Phi) is 6.48. The number of aliphatic hydroxyl groups excluding tert-OH is 1. The van der Waals surface area contributed by atoms with Crippen molar-refractivity contribution >= 4 is 22.4 Å². The SMILES string of the molecule is Cc1ccc(S(=O)[C@](Cl)(c2ccccc2)[C@@H](O)CCc2ccccc2)cc1. The highest BCUT2D eigenvalue weighted by Crippen LogP contribution is 2.41. The van der Waals surface area contributed by atoms with Crippen molar-refractivity contribution in [2.24, 2.45) is 0 Å². The van der Waals surface area contributed by atoms with E-state index in [0.29, 0.717) is 23.3 Å². The average Bonchev–Trinajstić information content (AvgIpc) is 2.73. The van der Waals surface area contributed by atoms with Gasteiger partial charge in [0.05, 0.1) is 16.9 Å². The minimum atomic E-state index is -1.62. The third-order valence-corrected chi connectivity index (χ3v) is 7.29. The van der Waals surface area contributed by atoms with E-state index >= 15 is 0 Å². The zero-order valence-corrected chi connectivity index (χ0v) is 16.8. The van der Waals surface area contributed by atoms with E-state index in [1.165, 1.54) is 0 Å². The number of aliphatic hydroxyl groups is 1. The van der Waals surface area contributed by atoms with Crippen molar-refractivity contribution < 1.29 is 9.32 Å². The predicted octanol–water partition coefficient (Wildman–Crippen LogP) is 5.19. The number of aryl methyl sites for hydroxylation is 2. The minimum absolute atomic E-state index is 0.417. The van der Waals surface area contributed by atoms with Gasteiger partial charge in [-0.05, 0) is 43.0 Å². The largest absolute Gasteiger partial charge is 0.390 e. The normalized spacial score (nSPS) is 15.7. The second-order valence-electron chi connectivity index (χ2n) is 6.63. The molecule has 0 aromatic heterocycles. The molecule has 0 fully saturated rings. The lowest BCUT2D eigenvalue weighted by Gasteiger charge is -2.32. The molecule has 1 N–H and O–H groups in total. The van der Waals surface area contributed by atoms with Crippen LogP contribution >= 0.6 is 11.6 Å². The highest BCUT2D eigenvalue weighted by molar-refractivity contribution is 7.87. The summed E-state index contributed by atoms with van der Waals surface area (Å²) in [6.45, 7) is 1.98. The molecular formula is C23H23ClO2S. The smallest absolute Gasteiger partial charge is 0.174 e. The fraction of sp³-hybridized carbons (Fsp3) is 0.217. The highest BCUT2D eigenvalue weighted by atomic mass is 35.5. The van der Waals surface area contributed by atoms with Gasteiger partial charge in [-0.3, -0.25) is 4.21 Å². The molecule has 4 heteroatoms. The molecule has 1 unspecified atom stereocenters. The van der Waals surface area contributed by atoms with Gasteiger partial charge in [0.1, 0.15) is 0 Å². The summed E-state index contributed by atoms with van der Waals surface area (Å²) in [4.78, 5) is 0.609. The molecule has 0 aliphatic rings. The zero-order chi connectivity index (χ0) is 19.3. The van der Waals surface area contributed by atoms with E-state index < -0.39 is 21.1 Å². The molecule has 27 heavy (non-hydrogen) atoms. The summed E-state index contributed by atoms with van der Waals surface area (Å²) >= 11 is 6.96. The molecule has 140 valence electrons. The van der Waals surface area contributed by atoms with Gasteiger partial charge in [0.15, 0.2) is 4.21 Å². The van der Waals surface area contributed by atoms with E-state index in [1.807, 2.05) is 91.9 Å². The minimum Gasteiger partial charge on any atom is -0.390 e. The van der Waals surface area contributed by atoms with E-state index in [-0.39, 0.29) is 0 Å². The second kappa shape index (κ2) is 8.83. The summed E-state index contributed by atoms with van der Waals surface area (Å²) in [6, 6.07) is 26.6. The Morgan fingerprint density at radius 2 is 1.48 bits per heavy atom. The van der Waals surface area contributed by atoms with Crippen LogP contribution in [0.25, 0.3) is 0 Å². The van der Waals surface area contributed by atoms with Gasteiger partial charge in [0.2, 0.25) is 0 Å². The maximum atomic E-state index is 13.5. The van der Waals surface area contributed by atoms with Crippen molar-refractivity contribution in [2.75, 3.05) is 0 Å². The summed E-state index contributed by atoms with van der Waals surface area (Å²) < 4.78 is 12.0. The molecule has 0 bridgehead atoms. The summed E-state index contributed by atoms with van der Waals surface area (Å²) in [5, 5.41) is 11.0. The molecular weight excluding hydrogens is 376 g/mol. The van der Waals surface area contributed by atoms with Crippen LogP contribution in [0.1, 0.15) is 23.1 Å². The second-order valence-corrected chi connectivity index (χ2v) is 9.11. The number of halogens is 1. The summed E-state index contributed by atoms with van der Waals surface area (Å²) in [6.07, 6.45) is 0.109. The number of hydrogen-bond donors (Lipinski definition) is 1. The van der Waals surface area contributed by atoms with Crippen molar-refractivity contribution in [3.8, 4) is 0 Å². The van der Waals surface area contributed by atoms with E-state index in [1.54, 1.807) is 0 Å². The number of alkyl halides is 1. The van der Waals surface area contributed by atoms with E-state index in [4.69, 9.17) is 11.6 Å². The first kappa shape index (κ1) is 19.8. The quantitative estimate of drug-likeness (QED) is 0.556. The molecule has 2 nitrogen and oxygen atoms in total. The van der Waals surface area contributed by atoms with Gasteiger partial charge < -0.3 is 5.11 Å². The molecule has 0 spiro atoms. The molecule has 0 radical (unpaired) electrons. The summed E-state index contributed by atoms with van der Waals surface area (Å²) in [5.74, 6) is 0. The summed E-state index contributed by atoms with van der Waals surface area (Å²) in [5.41, 5.74) is 2.86. The maximum absolute atomic E-state index is 13.5. The molecule has 0 aliphatic heterocycles. The third kappa shape index (κ3) is 4.49. The van der Waals surface area contributed by atoms with E-state index in [2.05, 4.69) is 0 Å². The van der Waals surface area contributed by atoms with Crippen LogP contribution in [0.3, 0.4) is 0 Å². The van der Waals surface area contributed by atoms with Crippen LogP contribution in [0.2, 0.25) is 0 Å². The Morgan fingerprint density at radius 3 is 2.07 bits per heavy atom. The van der Waals surface area contributed by atoms with E-state index in [0.717, 1.165) is 11.1 Å². The molecule has 0 heterocycles. The first-order valence-electron chi connectivity index (χ1n) is 8.97. The summed E-state index contributed by atoms with van der Waals surface area (Å²) in [7, 11) is -1.62. The molecule has 0 aliphatic carbocycles. The average molecular weight is 399 g/mol. The third-order valence-electron chi connectivity index (χ3n) is 4.65. The monoisotopic (exact) mass is 398 g/mol. The van der Waals surface area contributed by atoms with Crippen molar-refractivity contribution in [1.82, 2.24) is 0 Å². The lowest BCUT2D eigenvalue weighted by Crippen LogP contribution is -2.39. The lowest BCUT2D eigenvalue weighted by atomic mass is 10.0. The molecule has 0 saturated carbocycles. The molecule has 3 aromatic rings. The van der Waals surface area contributed by atoms with Crippen LogP contribution in [-0.2, 0) is 21.4 Å². The van der Waals surface area contributed by atoms with Crippen LogP contribution in [-0.4, -0.2) is 15.4 Å². The highest BCUT2D eigenvalue weighted by Gasteiger charge is 2.44. The van der Waals surface area contributed by atoms with Crippen LogP contribution in [0, 0.1) is 6.92 Å². The topological polar surface area (TPSA) is 37.3 Å². The van der Waals surface area contributed by atoms with Gasteiger partial charge >= 0.3 is 0 Å². The van der Waals surface area contributed by atoms with Crippen LogP contribution in [0.15, 0.2) is 89.8 Å². The van der Waals surface area contributed by atoms with Crippen molar-refractivity contribution in [3.05, 3.63) is 102 Å². The molecule has 3 aromatic carbocycles. The first-order chi connectivity index (χ1) is 13.0. The molecule has 0 amide bonds. The number of rotatable bonds is 7. The fourth-order valence-corrected chi connectivity index (χ4v) is 5.00. The van der Waals surface area contributed by atoms with Crippen molar-refractivity contribution in [2.45, 2.75) is 35.0 Å². The Morgan fingerprint density at radius 1 is 0.926 bits per heavy atom.